The molecule has 138 valence electrons. The number of hydrogen-bond donors (Lipinski definition) is 0. The highest BCUT2D eigenvalue weighted by Crippen LogP contribution is 2.33. The van der Waals surface area contributed by atoms with Crippen LogP contribution in [0.4, 0.5) is 5.82 Å². The number of carbonyl (C=O) groups is 2. The Labute approximate surface area is 156 Å². The van der Waals surface area contributed by atoms with Crippen molar-refractivity contribution in [1.82, 2.24) is 19.5 Å². The molecule has 0 saturated carbocycles. The van der Waals surface area contributed by atoms with Crippen LogP contribution in [-0.2, 0) is 4.79 Å². The molecule has 0 saturated heterocycles. The van der Waals surface area contributed by atoms with Gasteiger partial charge < -0.3 is 14.5 Å². The maximum atomic E-state index is 12.4. The van der Waals surface area contributed by atoms with Crippen LogP contribution in [0.1, 0.15) is 24.2 Å². The molecule has 3 aliphatic heterocycles. The fraction of sp³-hybridized carbons (Fsp3) is 0.316. The fourth-order valence-corrected chi connectivity index (χ4v) is 3.13. The highest BCUT2D eigenvalue weighted by Gasteiger charge is 2.39. The summed E-state index contributed by atoms with van der Waals surface area (Å²) in [6, 6.07) is 1.73. The first-order chi connectivity index (χ1) is 13.0. The van der Waals surface area contributed by atoms with E-state index in [0.717, 1.165) is 5.70 Å². The first-order valence-corrected chi connectivity index (χ1v) is 8.81. The number of ether oxygens (including phenoxy) is 1. The number of pyridine rings is 1. The molecule has 1 aromatic rings. The summed E-state index contributed by atoms with van der Waals surface area (Å²) in [6.07, 6.45) is 7.00. The lowest BCUT2D eigenvalue weighted by Gasteiger charge is -2.31. The minimum atomic E-state index is -0.111. The lowest BCUT2D eigenvalue weighted by molar-refractivity contribution is -0.118. The van der Waals surface area contributed by atoms with Gasteiger partial charge in [-0.05, 0) is 13.0 Å². The summed E-state index contributed by atoms with van der Waals surface area (Å²) in [5, 5.41) is 0. The number of hydrogen-bond acceptors (Lipinski definition) is 5. The third-order valence-corrected chi connectivity index (χ3v) is 4.77. The molecule has 0 N–H and O–H groups in total. The molecule has 0 radical (unpaired) electrons. The zero-order valence-electron chi connectivity index (χ0n) is 15.5. The predicted molar refractivity (Wildman–Crippen MR) is 102 cm³/mol. The second-order valence-corrected chi connectivity index (χ2v) is 6.48. The number of nitrogens with zero attached hydrogens (tertiary/aromatic N) is 5. The second kappa shape index (κ2) is 6.41. The summed E-state index contributed by atoms with van der Waals surface area (Å²) in [4.78, 5) is 34.0. The van der Waals surface area contributed by atoms with E-state index in [1.807, 2.05) is 24.0 Å². The van der Waals surface area contributed by atoms with E-state index < -0.39 is 0 Å². The van der Waals surface area contributed by atoms with E-state index in [2.05, 4.69) is 9.65 Å². The van der Waals surface area contributed by atoms with Crippen molar-refractivity contribution in [3.05, 3.63) is 41.9 Å². The van der Waals surface area contributed by atoms with Gasteiger partial charge in [-0.3, -0.25) is 4.79 Å². The van der Waals surface area contributed by atoms with Gasteiger partial charge in [-0.15, -0.1) is 4.90 Å². The first-order valence-electron chi connectivity index (χ1n) is 8.81. The lowest BCUT2D eigenvalue weighted by atomic mass is 10.2. The van der Waals surface area contributed by atoms with Crippen LogP contribution in [-0.4, -0.2) is 64.9 Å². The van der Waals surface area contributed by atoms with Gasteiger partial charge in [0.15, 0.2) is 11.6 Å². The number of aromatic nitrogens is 1. The highest BCUT2D eigenvalue weighted by atomic mass is 16.5. The molecule has 1 aromatic heterocycles. The number of anilines is 1. The second-order valence-electron chi connectivity index (χ2n) is 6.48. The maximum Gasteiger partial charge on any atom is 0.398 e. The first kappa shape index (κ1) is 17.1. The lowest BCUT2D eigenvalue weighted by Crippen LogP contribution is -2.37. The molecule has 27 heavy (non-hydrogen) atoms. The normalized spacial score (nSPS) is 17.6. The molecule has 2 amide bonds. The van der Waals surface area contributed by atoms with Gasteiger partial charge in [0, 0.05) is 32.8 Å². The van der Waals surface area contributed by atoms with Gasteiger partial charge in [0.25, 0.3) is 11.6 Å². The summed E-state index contributed by atoms with van der Waals surface area (Å²) >= 11 is 0. The van der Waals surface area contributed by atoms with Crippen molar-refractivity contribution < 1.29 is 14.3 Å². The summed E-state index contributed by atoms with van der Waals surface area (Å²) in [6.45, 7) is 5.33. The molecule has 0 fully saturated rings. The Balaban J connectivity index is 1.67. The maximum absolute atomic E-state index is 12.4. The molecule has 0 spiro atoms. The van der Waals surface area contributed by atoms with E-state index in [1.54, 1.807) is 37.3 Å². The van der Waals surface area contributed by atoms with Crippen molar-refractivity contribution in [2.24, 2.45) is 0 Å². The Morgan fingerprint density at radius 3 is 3.04 bits per heavy atom. The summed E-state index contributed by atoms with van der Waals surface area (Å²) in [5.74, 6) is 1.61. The topological polar surface area (TPSA) is 80.1 Å². The van der Waals surface area contributed by atoms with E-state index >= 15 is 0 Å². The van der Waals surface area contributed by atoms with Crippen molar-refractivity contribution in [3.63, 3.8) is 0 Å². The molecule has 0 atom stereocenters. The van der Waals surface area contributed by atoms with Crippen LogP contribution >= 0.6 is 0 Å². The van der Waals surface area contributed by atoms with Crippen molar-refractivity contribution in [2.75, 3.05) is 31.6 Å². The molecule has 0 bridgehead atoms. The van der Waals surface area contributed by atoms with Gasteiger partial charge in [-0.1, -0.05) is 0 Å². The van der Waals surface area contributed by atoms with Gasteiger partial charge in [0.1, 0.15) is 12.8 Å². The molecule has 8 nitrogen and oxygen atoms in total. The van der Waals surface area contributed by atoms with E-state index in [4.69, 9.17) is 4.74 Å². The van der Waals surface area contributed by atoms with Gasteiger partial charge in [-0.2, -0.15) is 4.67 Å². The third kappa shape index (κ3) is 2.80. The molecule has 0 aromatic carbocycles. The van der Waals surface area contributed by atoms with Crippen LogP contribution in [0, 0.1) is 0 Å². The summed E-state index contributed by atoms with van der Waals surface area (Å²) in [5.41, 5.74) is 1.83. The average molecular weight is 366 g/mol. The Morgan fingerprint density at radius 1 is 1.44 bits per heavy atom. The average Bonchev–Trinajstić information content (AvgIpc) is 2.99. The Morgan fingerprint density at radius 2 is 2.26 bits per heavy atom. The van der Waals surface area contributed by atoms with Crippen molar-refractivity contribution in [3.8, 4) is 5.75 Å². The van der Waals surface area contributed by atoms with Crippen LogP contribution in [0.3, 0.4) is 0 Å². The Hall–Kier alpha value is -3.38. The van der Waals surface area contributed by atoms with Gasteiger partial charge in [0.05, 0.1) is 23.9 Å². The zero-order chi connectivity index (χ0) is 19.1. The SMILES string of the molecule is CCN(C)C(=O)c1cnc2c(c1)OCCN2C1=CC2=[N+]=C(C)C(=O)N2C=C1. The Bertz CT molecular complexity index is 972. The Kier molecular flexibility index (Phi) is 4.05. The monoisotopic (exact) mass is 366 g/mol. The van der Waals surface area contributed by atoms with Crippen LogP contribution < -0.4 is 14.3 Å². The number of amidine groups is 1. The van der Waals surface area contributed by atoms with Gasteiger partial charge in [-0.25, -0.2) is 9.78 Å². The fourth-order valence-electron chi connectivity index (χ4n) is 3.13. The smallest absolute Gasteiger partial charge is 0.398 e. The number of amides is 2. The van der Waals surface area contributed by atoms with Crippen molar-refractivity contribution >= 4 is 29.2 Å². The van der Waals surface area contributed by atoms with Crippen molar-refractivity contribution in [1.29, 1.82) is 0 Å². The van der Waals surface area contributed by atoms with Gasteiger partial charge in [0.2, 0.25) is 0 Å². The number of allylic oxidation sites excluding steroid dienone is 1. The van der Waals surface area contributed by atoms with Crippen LogP contribution in [0.2, 0.25) is 0 Å². The third-order valence-electron chi connectivity index (χ3n) is 4.77. The number of carbonyl (C=O) groups excluding carboxylic acids is 2. The highest BCUT2D eigenvalue weighted by molar-refractivity contribution is 6.44. The molecule has 0 unspecified atom stereocenters. The van der Waals surface area contributed by atoms with Crippen LogP contribution in [0.15, 0.2) is 36.3 Å². The van der Waals surface area contributed by atoms with Crippen molar-refractivity contribution in [2.45, 2.75) is 13.8 Å². The molecule has 0 aliphatic carbocycles. The van der Waals surface area contributed by atoms with E-state index in [1.165, 1.54) is 4.90 Å². The van der Waals surface area contributed by atoms with E-state index in [0.29, 0.717) is 48.4 Å². The minimum absolute atomic E-state index is 0.0919. The largest absolute Gasteiger partial charge is 0.488 e. The molecular formula is C19H20N5O3+. The number of fused-ring (bicyclic) bond motifs is 2. The molecule has 3 aliphatic rings. The van der Waals surface area contributed by atoms with Crippen LogP contribution in [0.25, 0.3) is 0 Å². The van der Waals surface area contributed by atoms with E-state index in [-0.39, 0.29) is 11.8 Å². The standard InChI is InChI=1S/C19H20N5O3/c1-4-22(3)19(26)13-9-15-17(20-11-13)23(7-8-27-15)14-5-6-24-16(10-14)21-12(2)18(24)25/h5-6,9-11H,4,7-8H2,1-3H3/q+1. The predicted octanol–water partition coefficient (Wildman–Crippen LogP) is 0.552. The van der Waals surface area contributed by atoms with E-state index in [9.17, 15) is 9.59 Å². The minimum Gasteiger partial charge on any atom is -0.488 e. The zero-order valence-corrected chi connectivity index (χ0v) is 15.5. The van der Waals surface area contributed by atoms with Crippen LogP contribution in [0.5, 0.6) is 5.75 Å². The number of rotatable bonds is 3. The quantitative estimate of drug-likeness (QED) is 0.730. The molecule has 8 heteroatoms. The molecule has 4 rings (SSSR count). The molecule has 4 heterocycles. The summed E-state index contributed by atoms with van der Waals surface area (Å²) in [7, 11) is 1.75. The van der Waals surface area contributed by atoms with Gasteiger partial charge >= 0.3 is 11.7 Å². The molecular weight excluding hydrogens is 346 g/mol. The summed E-state index contributed by atoms with van der Waals surface area (Å²) < 4.78 is 10.1.